The van der Waals surface area contributed by atoms with Gasteiger partial charge in [0, 0.05) is 6.54 Å². The smallest absolute Gasteiger partial charge is 0.334 e. The van der Waals surface area contributed by atoms with Crippen LogP contribution in [-0.2, 0) is 24.3 Å². The summed E-state index contributed by atoms with van der Waals surface area (Å²) in [5, 5.41) is 8.85. The Labute approximate surface area is 111 Å². The van der Waals surface area contributed by atoms with Gasteiger partial charge in [0.25, 0.3) is 0 Å². The van der Waals surface area contributed by atoms with E-state index in [1.807, 2.05) is 0 Å². The first kappa shape index (κ1) is 15.9. The fourth-order valence-electron chi connectivity index (χ4n) is 1.89. The third kappa shape index (κ3) is 4.44. The topological polar surface area (TPSA) is 113 Å². The lowest BCUT2D eigenvalue weighted by atomic mass is 10.0. The summed E-state index contributed by atoms with van der Waals surface area (Å²) in [5.41, 5.74) is -1.33. The van der Waals surface area contributed by atoms with E-state index >= 15 is 0 Å². The molecule has 1 aliphatic heterocycles. The number of rotatable bonds is 4. The molecule has 110 valence electrons. The van der Waals surface area contributed by atoms with E-state index in [0.29, 0.717) is 0 Å². The van der Waals surface area contributed by atoms with Crippen molar-refractivity contribution in [1.82, 2.24) is 9.62 Å². The summed E-state index contributed by atoms with van der Waals surface area (Å²) in [5.74, 6) is -1.63. The number of ether oxygens (including phenoxy) is 1. The van der Waals surface area contributed by atoms with Crippen molar-refractivity contribution in [3.8, 4) is 0 Å². The van der Waals surface area contributed by atoms with Gasteiger partial charge in [0.1, 0.15) is 5.54 Å². The number of carbonyl (C=O) groups excluding carboxylic acids is 1. The van der Waals surface area contributed by atoms with E-state index in [0.717, 1.165) is 6.26 Å². The molecule has 1 rings (SSSR count). The van der Waals surface area contributed by atoms with Crippen molar-refractivity contribution in [2.24, 2.45) is 0 Å². The average Bonchev–Trinajstić information content (AvgIpc) is 2.25. The highest BCUT2D eigenvalue weighted by Gasteiger charge is 2.38. The molecule has 0 bridgehead atoms. The standard InChI is InChI=1S/C10H18N2O6S/c1-10(2,11-19(3,16)17)9(15)12-4-5-18-7(6-12)8(13)14/h7,11H,4-6H2,1-3H3,(H,13,14). The van der Waals surface area contributed by atoms with Gasteiger partial charge in [0.15, 0.2) is 6.10 Å². The van der Waals surface area contributed by atoms with E-state index in [-0.39, 0.29) is 19.7 Å². The van der Waals surface area contributed by atoms with Gasteiger partial charge in [-0.05, 0) is 13.8 Å². The van der Waals surface area contributed by atoms with Crippen LogP contribution in [0.25, 0.3) is 0 Å². The van der Waals surface area contributed by atoms with Gasteiger partial charge in [-0.2, -0.15) is 0 Å². The fraction of sp³-hybridized carbons (Fsp3) is 0.800. The lowest BCUT2D eigenvalue weighted by Gasteiger charge is -2.36. The van der Waals surface area contributed by atoms with Crippen molar-refractivity contribution in [3.63, 3.8) is 0 Å². The Morgan fingerprint density at radius 1 is 1.42 bits per heavy atom. The van der Waals surface area contributed by atoms with Crippen molar-refractivity contribution >= 4 is 21.9 Å². The molecule has 0 aromatic heterocycles. The van der Waals surface area contributed by atoms with Crippen LogP contribution < -0.4 is 4.72 Å². The predicted octanol–water partition coefficient (Wildman–Crippen LogP) is -1.37. The monoisotopic (exact) mass is 294 g/mol. The average molecular weight is 294 g/mol. The van der Waals surface area contributed by atoms with E-state index < -0.39 is 33.5 Å². The summed E-state index contributed by atoms with van der Waals surface area (Å²) < 4.78 is 29.6. The second-order valence-electron chi connectivity index (χ2n) is 4.95. The molecule has 0 saturated carbocycles. The molecule has 19 heavy (non-hydrogen) atoms. The van der Waals surface area contributed by atoms with Crippen molar-refractivity contribution in [2.45, 2.75) is 25.5 Å². The second-order valence-corrected chi connectivity index (χ2v) is 6.70. The van der Waals surface area contributed by atoms with Crippen LogP contribution >= 0.6 is 0 Å². The summed E-state index contributed by atoms with van der Waals surface area (Å²) >= 11 is 0. The minimum Gasteiger partial charge on any atom is -0.479 e. The van der Waals surface area contributed by atoms with E-state index in [1.165, 1.54) is 18.7 Å². The number of carboxylic acids is 1. The van der Waals surface area contributed by atoms with Crippen LogP contribution in [0.2, 0.25) is 0 Å². The Balaban J connectivity index is 2.79. The molecule has 1 atom stereocenters. The van der Waals surface area contributed by atoms with Crippen molar-refractivity contribution < 1.29 is 27.9 Å². The van der Waals surface area contributed by atoms with Gasteiger partial charge in [-0.15, -0.1) is 0 Å². The molecule has 9 heteroatoms. The number of carboxylic acid groups (broad SMARTS) is 1. The molecule has 1 unspecified atom stereocenters. The number of hydrogen-bond acceptors (Lipinski definition) is 5. The number of carbonyl (C=O) groups is 2. The molecule has 0 aromatic carbocycles. The quantitative estimate of drug-likeness (QED) is 0.661. The SMILES string of the molecule is CC(C)(NS(C)(=O)=O)C(=O)N1CCOC(C(=O)O)C1. The number of aliphatic carboxylic acids is 1. The van der Waals surface area contributed by atoms with Gasteiger partial charge in [0.05, 0.1) is 19.4 Å². The lowest BCUT2D eigenvalue weighted by Crippen LogP contribution is -2.59. The highest BCUT2D eigenvalue weighted by molar-refractivity contribution is 7.88. The summed E-state index contributed by atoms with van der Waals surface area (Å²) in [4.78, 5) is 24.3. The maximum atomic E-state index is 12.2. The Bertz CT molecular complexity index is 472. The van der Waals surface area contributed by atoms with Crippen LogP contribution in [-0.4, -0.2) is 67.9 Å². The molecule has 1 aliphatic rings. The maximum Gasteiger partial charge on any atom is 0.334 e. The fourth-order valence-corrected chi connectivity index (χ4v) is 2.90. The first-order valence-corrected chi connectivity index (χ1v) is 7.55. The minimum absolute atomic E-state index is 0.0942. The number of amides is 1. The Kier molecular flexibility index (Phi) is 4.54. The molecule has 8 nitrogen and oxygen atoms in total. The third-order valence-electron chi connectivity index (χ3n) is 2.60. The number of nitrogens with zero attached hydrogens (tertiary/aromatic N) is 1. The predicted molar refractivity (Wildman–Crippen MR) is 66.0 cm³/mol. The first-order valence-electron chi connectivity index (χ1n) is 5.65. The highest BCUT2D eigenvalue weighted by Crippen LogP contribution is 2.13. The van der Waals surface area contributed by atoms with Crippen LogP contribution in [0.1, 0.15) is 13.8 Å². The molecule has 0 radical (unpaired) electrons. The molecule has 1 amide bonds. The molecular weight excluding hydrogens is 276 g/mol. The molecule has 1 heterocycles. The first-order chi connectivity index (χ1) is 8.53. The van der Waals surface area contributed by atoms with Crippen LogP contribution in [0.3, 0.4) is 0 Å². The Morgan fingerprint density at radius 2 is 2.00 bits per heavy atom. The highest BCUT2D eigenvalue weighted by atomic mass is 32.2. The summed E-state index contributed by atoms with van der Waals surface area (Å²) in [6, 6.07) is 0. The molecule has 1 saturated heterocycles. The van der Waals surface area contributed by atoms with E-state index in [9.17, 15) is 18.0 Å². The Hall–Kier alpha value is -1.19. The molecule has 0 aromatic rings. The number of hydrogen-bond donors (Lipinski definition) is 2. The normalized spacial score (nSPS) is 21.2. The number of sulfonamides is 1. The Morgan fingerprint density at radius 3 is 2.47 bits per heavy atom. The molecular formula is C10H18N2O6S. The van der Waals surface area contributed by atoms with Crippen molar-refractivity contribution in [2.75, 3.05) is 26.0 Å². The number of morpholine rings is 1. The van der Waals surface area contributed by atoms with Gasteiger partial charge in [-0.25, -0.2) is 17.9 Å². The van der Waals surface area contributed by atoms with Gasteiger partial charge in [-0.3, -0.25) is 4.79 Å². The summed E-state index contributed by atoms with van der Waals surface area (Å²) in [6.07, 6.45) is -0.117. The molecule has 0 spiro atoms. The van der Waals surface area contributed by atoms with Crippen molar-refractivity contribution in [3.05, 3.63) is 0 Å². The third-order valence-corrected chi connectivity index (χ3v) is 3.49. The van der Waals surface area contributed by atoms with Gasteiger partial charge >= 0.3 is 5.97 Å². The lowest BCUT2D eigenvalue weighted by molar-refractivity contribution is -0.160. The molecule has 1 fully saturated rings. The van der Waals surface area contributed by atoms with Crippen molar-refractivity contribution in [1.29, 1.82) is 0 Å². The molecule has 0 aliphatic carbocycles. The van der Waals surface area contributed by atoms with E-state index in [2.05, 4.69) is 4.72 Å². The summed E-state index contributed by atoms with van der Waals surface area (Å²) in [6.45, 7) is 3.11. The summed E-state index contributed by atoms with van der Waals surface area (Å²) in [7, 11) is -3.54. The van der Waals surface area contributed by atoms with E-state index in [1.54, 1.807) is 0 Å². The largest absolute Gasteiger partial charge is 0.479 e. The van der Waals surface area contributed by atoms with Gasteiger partial charge < -0.3 is 14.7 Å². The van der Waals surface area contributed by atoms with Crippen LogP contribution in [0.15, 0.2) is 0 Å². The zero-order valence-electron chi connectivity index (χ0n) is 11.0. The number of nitrogens with one attached hydrogen (secondary N) is 1. The van der Waals surface area contributed by atoms with Crippen LogP contribution in [0.4, 0.5) is 0 Å². The second kappa shape index (κ2) is 5.43. The van der Waals surface area contributed by atoms with Gasteiger partial charge in [-0.1, -0.05) is 0 Å². The van der Waals surface area contributed by atoms with Crippen LogP contribution in [0.5, 0.6) is 0 Å². The zero-order chi connectivity index (χ0) is 14.8. The van der Waals surface area contributed by atoms with E-state index in [4.69, 9.17) is 9.84 Å². The van der Waals surface area contributed by atoms with Crippen LogP contribution in [0, 0.1) is 0 Å². The van der Waals surface area contributed by atoms with Gasteiger partial charge in [0.2, 0.25) is 15.9 Å². The minimum atomic E-state index is -3.54. The molecule has 2 N–H and O–H groups in total. The zero-order valence-corrected chi connectivity index (χ0v) is 11.9. The maximum absolute atomic E-state index is 12.2.